The molecule has 2 aromatic carbocycles. The highest BCUT2D eigenvalue weighted by atomic mass is 32.2. The monoisotopic (exact) mass is 382 g/mol. The van der Waals surface area contributed by atoms with Gasteiger partial charge in [0, 0.05) is 5.75 Å². The van der Waals surface area contributed by atoms with Gasteiger partial charge in [-0.25, -0.2) is 17.9 Å². The summed E-state index contributed by atoms with van der Waals surface area (Å²) in [7, 11) is -3.78. The van der Waals surface area contributed by atoms with E-state index < -0.39 is 10.0 Å². The lowest BCUT2D eigenvalue weighted by Crippen LogP contribution is -2.28. The van der Waals surface area contributed by atoms with Crippen LogP contribution in [0.1, 0.15) is 24.1 Å². The number of primary sulfonamides is 1. The molecule has 0 aromatic heterocycles. The maximum Gasteiger partial charge on any atom is 0.238 e. The number of rotatable bonds is 7. The van der Waals surface area contributed by atoms with E-state index in [-0.39, 0.29) is 28.4 Å². The van der Waals surface area contributed by atoms with Crippen LogP contribution < -0.4 is 10.5 Å². The largest absolute Gasteiger partial charge is 0.349 e. The number of hydrogen-bond acceptors (Lipinski definition) is 4. The molecule has 2 rings (SSSR count). The van der Waals surface area contributed by atoms with Gasteiger partial charge in [0.05, 0.1) is 16.7 Å². The van der Waals surface area contributed by atoms with Crippen molar-refractivity contribution in [3.8, 4) is 0 Å². The summed E-state index contributed by atoms with van der Waals surface area (Å²) in [4.78, 5) is 12.0. The summed E-state index contributed by atoms with van der Waals surface area (Å²) < 4.78 is 35.6. The quantitative estimate of drug-likeness (QED) is 0.770. The second-order valence-corrected chi connectivity index (χ2v) is 8.07. The average Bonchev–Trinajstić information content (AvgIpc) is 2.56. The van der Waals surface area contributed by atoms with Crippen LogP contribution in [-0.2, 0) is 20.6 Å². The summed E-state index contributed by atoms with van der Waals surface area (Å²) in [6.07, 6.45) is 0. The standard InChI is InChI=1S/C17H19FN2O3S2/c1-12(14-3-2-4-16(9-14)25(19,22)23)20-17(21)11-24-10-13-5-7-15(18)8-6-13/h2-9,12H,10-11H2,1H3,(H,20,21)(H2,19,22,23)/t12-/m1/s1. The van der Waals surface area contributed by atoms with Crippen molar-refractivity contribution in [2.24, 2.45) is 5.14 Å². The minimum Gasteiger partial charge on any atom is -0.349 e. The van der Waals surface area contributed by atoms with Crippen molar-refractivity contribution in [1.82, 2.24) is 5.32 Å². The molecule has 0 aliphatic rings. The first-order chi connectivity index (χ1) is 11.8. The topological polar surface area (TPSA) is 89.3 Å². The van der Waals surface area contributed by atoms with Crippen LogP contribution in [0.5, 0.6) is 0 Å². The van der Waals surface area contributed by atoms with Gasteiger partial charge in [-0.2, -0.15) is 0 Å². The number of hydrogen-bond donors (Lipinski definition) is 2. The first-order valence-corrected chi connectivity index (χ1v) is 10.2. The predicted octanol–water partition coefficient (Wildman–Crippen LogP) is 2.58. The molecule has 8 heteroatoms. The molecule has 0 radical (unpaired) electrons. The highest BCUT2D eigenvalue weighted by molar-refractivity contribution is 7.99. The van der Waals surface area contributed by atoms with Crippen LogP contribution in [0.3, 0.4) is 0 Å². The van der Waals surface area contributed by atoms with E-state index in [1.54, 1.807) is 31.2 Å². The molecule has 25 heavy (non-hydrogen) atoms. The van der Waals surface area contributed by atoms with E-state index in [4.69, 9.17) is 5.14 Å². The number of amides is 1. The second-order valence-electron chi connectivity index (χ2n) is 5.53. The Labute approximate surface area is 150 Å². The number of halogens is 1. The minimum absolute atomic E-state index is 0.0109. The average molecular weight is 382 g/mol. The van der Waals surface area contributed by atoms with E-state index in [2.05, 4.69) is 5.32 Å². The Kier molecular flexibility index (Phi) is 6.57. The molecule has 134 valence electrons. The molecule has 0 unspecified atom stereocenters. The summed E-state index contributed by atoms with van der Waals surface area (Å²) in [5, 5.41) is 7.93. The van der Waals surface area contributed by atoms with Crippen LogP contribution >= 0.6 is 11.8 Å². The molecule has 0 saturated carbocycles. The molecule has 3 N–H and O–H groups in total. The minimum atomic E-state index is -3.78. The van der Waals surface area contributed by atoms with Crippen molar-refractivity contribution in [2.45, 2.75) is 23.6 Å². The number of carbonyl (C=O) groups is 1. The smallest absolute Gasteiger partial charge is 0.238 e. The van der Waals surface area contributed by atoms with Crippen LogP contribution in [-0.4, -0.2) is 20.1 Å². The number of benzene rings is 2. The number of nitrogens with one attached hydrogen (secondary N) is 1. The van der Waals surface area contributed by atoms with Gasteiger partial charge < -0.3 is 5.32 Å². The molecule has 0 bridgehead atoms. The summed E-state index contributed by atoms with van der Waals surface area (Å²) in [6, 6.07) is 12.0. The van der Waals surface area contributed by atoms with Gasteiger partial charge in [-0.05, 0) is 42.3 Å². The van der Waals surface area contributed by atoms with E-state index in [1.165, 1.54) is 36.0 Å². The van der Waals surface area contributed by atoms with Crippen LogP contribution in [0, 0.1) is 5.82 Å². The van der Waals surface area contributed by atoms with Crippen LogP contribution in [0.25, 0.3) is 0 Å². The third kappa shape index (κ3) is 6.15. The summed E-state index contributed by atoms with van der Waals surface area (Å²) in [6.45, 7) is 1.77. The van der Waals surface area contributed by atoms with Crippen molar-refractivity contribution in [3.63, 3.8) is 0 Å². The predicted molar refractivity (Wildman–Crippen MR) is 96.9 cm³/mol. The zero-order valence-electron chi connectivity index (χ0n) is 13.6. The van der Waals surface area contributed by atoms with Gasteiger partial charge in [0.15, 0.2) is 0 Å². The normalized spacial score (nSPS) is 12.6. The molecular weight excluding hydrogens is 363 g/mol. The Hall–Kier alpha value is -1.90. The number of thioether (sulfide) groups is 1. The molecule has 2 aromatic rings. The lowest BCUT2D eigenvalue weighted by molar-refractivity contribution is -0.119. The molecular formula is C17H19FN2O3S2. The fraction of sp³-hybridized carbons (Fsp3) is 0.235. The van der Waals surface area contributed by atoms with Gasteiger partial charge in [-0.15, -0.1) is 11.8 Å². The van der Waals surface area contributed by atoms with Gasteiger partial charge in [0.2, 0.25) is 15.9 Å². The Morgan fingerprint density at radius 2 is 1.92 bits per heavy atom. The Balaban J connectivity index is 1.86. The zero-order valence-corrected chi connectivity index (χ0v) is 15.2. The molecule has 0 aliphatic carbocycles. The first kappa shape index (κ1) is 19.4. The van der Waals surface area contributed by atoms with Gasteiger partial charge in [-0.1, -0.05) is 24.3 Å². The van der Waals surface area contributed by atoms with Crippen molar-refractivity contribution in [2.75, 3.05) is 5.75 Å². The maximum atomic E-state index is 12.8. The molecule has 0 heterocycles. The fourth-order valence-corrected chi connectivity index (χ4v) is 3.54. The van der Waals surface area contributed by atoms with Crippen molar-refractivity contribution in [1.29, 1.82) is 0 Å². The zero-order chi connectivity index (χ0) is 18.4. The molecule has 0 aliphatic heterocycles. The second kappa shape index (κ2) is 8.46. The van der Waals surface area contributed by atoms with Gasteiger partial charge in [0.25, 0.3) is 0 Å². The molecule has 0 saturated heterocycles. The number of nitrogens with two attached hydrogens (primary N) is 1. The molecule has 0 fully saturated rings. The fourth-order valence-electron chi connectivity index (χ4n) is 2.17. The van der Waals surface area contributed by atoms with Crippen molar-refractivity contribution >= 4 is 27.7 Å². The van der Waals surface area contributed by atoms with E-state index >= 15 is 0 Å². The molecule has 1 atom stereocenters. The Morgan fingerprint density at radius 3 is 2.56 bits per heavy atom. The number of carbonyl (C=O) groups excluding carboxylic acids is 1. The summed E-state index contributed by atoms with van der Waals surface area (Å²) in [5.41, 5.74) is 1.59. The van der Waals surface area contributed by atoms with Gasteiger partial charge >= 0.3 is 0 Å². The lowest BCUT2D eigenvalue weighted by atomic mass is 10.1. The summed E-state index contributed by atoms with van der Waals surface area (Å²) >= 11 is 1.41. The van der Waals surface area contributed by atoms with E-state index in [1.807, 2.05) is 0 Å². The van der Waals surface area contributed by atoms with E-state index in [0.717, 1.165) is 5.56 Å². The molecule has 1 amide bonds. The van der Waals surface area contributed by atoms with Crippen molar-refractivity contribution in [3.05, 3.63) is 65.5 Å². The first-order valence-electron chi connectivity index (χ1n) is 7.50. The Morgan fingerprint density at radius 1 is 1.24 bits per heavy atom. The maximum absolute atomic E-state index is 12.8. The lowest BCUT2D eigenvalue weighted by Gasteiger charge is -2.15. The highest BCUT2D eigenvalue weighted by Gasteiger charge is 2.13. The van der Waals surface area contributed by atoms with E-state index in [0.29, 0.717) is 11.3 Å². The van der Waals surface area contributed by atoms with Gasteiger partial charge in [0.1, 0.15) is 5.82 Å². The SMILES string of the molecule is C[C@@H](NC(=O)CSCc1ccc(F)cc1)c1cccc(S(N)(=O)=O)c1. The Bertz CT molecular complexity index is 839. The van der Waals surface area contributed by atoms with E-state index in [9.17, 15) is 17.6 Å². The summed E-state index contributed by atoms with van der Waals surface area (Å²) in [5.74, 6) is 0.391. The van der Waals surface area contributed by atoms with Gasteiger partial charge in [-0.3, -0.25) is 4.79 Å². The van der Waals surface area contributed by atoms with Crippen molar-refractivity contribution < 1.29 is 17.6 Å². The molecule has 5 nitrogen and oxygen atoms in total. The third-order valence-electron chi connectivity index (χ3n) is 3.48. The molecule has 0 spiro atoms. The van der Waals surface area contributed by atoms with Crippen LogP contribution in [0.15, 0.2) is 53.4 Å². The van der Waals surface area contributed by atoms with Crippen LogP contribution in [0.2, 0.25) is 0 Å². The third-order valence-corrected chi connectivity index (χ3v) is 5.39. The highest BCUT2D eigenvalue weighted by Crippen LogP contribution is 2.17. The van der Waals surface area contributed by atoms with Crippen LogP contribution in [0.4, 0.5) is 4.39 Å². The number of sulfonamides is 1.